The number of fused-ring (bicyclic) bond motifs is 6. The van der Waals surface area contributed by atoms with Crippen molar-refractivity contribution in [2.24, 2.45) is 0 Å². The molecule has 0 unspecified atom stereocenters. The molecular formula is C41H27N. The Kier molecular flexibility index (Phi) is 5.86. The number of hydrogen-bond acceptors (Lipinski definition) is 1. The second-order valence-electron chi connectivity index (χ2n) is 10.8. The zero-order valence-electron chi connectivity index (χ0n) is 23.0. The third-order valence-corrected chi connectivity index (χ3v) is 8.26. The van der Waals surface area contributed by atoms with Crippen LogP contribution >= 0.6 is 0 Å². The monoisotopic (exact) mass is 533 g/mol. The molecule has 0 bridgehead atoms. The van der Waals surface area contributed by atoms with Gasteiger partial charge in [0.15, 0.2) is 0 Å². The van der Waals surface area contributed by atoms with Crippen molar-refractivity contribution in [2.45, 2.75) is 0 Å². The fraction of sp³-hybridized carbons (Fsp3) is 0. The van der Waals surface area contributed by atoms with Crippen molar-refractivity contribution in [3.63, 3.8) is 0 Å². The molecule has 0 atom stereocenters. The van der Waals surface area contributed by atoms with Crippen molar-refractivity contribution < 1.29 is 0 Å². The second kappa shape index (κ2) is 10.1. The standard InChI is InChI=1S/C41H27N/c1-3-13-28(14-4-1)31-26-40(29-15-5-2-6-16-29)42-41(27-31)38-22-12-7-17-32(38)30-23-24-37-35-20-9-8-18-33(35)34-19-10-11-21-36(34)39(37)25-30/h1-27H. The maximum Gasteiger partial charge on any atom is 0.0721 e. The van der Waals surface area contributed by atoms with Gasteiger partial charge in [0.25, 0.3) is 0 Å². The van der Waals surface area contributed by atoms with E-state index in [1.54, 1.807) is 0 Å². The molecule has 1 nitrogen and oxygen atoms in total. The zero-order valence-corrected chi connectivity index (χ0v) is 23.0. The van der Waals surface area contributed by atoms with Crippen molar-refractivity contribution in [1.29, 1.82) is 0 Å². The summed E-state index contributed by atoms with van der Waals surface area (Å²) in [5, 5.41) is 7.70. The molecule has 8 aromatic rings. The third kappa shape index (κ3) is 4.15. The average Bonchev–Trinajstić information content (AvgIpc) is 3.09. The van der Waals surface area contributed by atoms with Gasteiger partial charge in [-0.3, -0.25) is 0 Å². The molecule has 0 N–H and O–H groups in total. The summed E-state index contributed by atoms with van der Waals surface area (Å²) < 4.78 is 0. The summed E-state index contributed by atoms with van der Waals surface area (Å²) in [5.74, 6) is 0. The van der Waals surface area contributed by atoms with Crippen molar-refractivity contribution in [2.75, 3.05) is 0 Å². The van der Waals surface area contributed by atoms with Crippen LogP contribution in [-0.2, 0) is 0 Å². The number of rotatable bonds is 4. The quantitative estimate of drug-likeness (QED) is 0.205. The Balaban J connectivity index is 1.36. The normalized spacial score (nSPS) is 11.3. The summed E-state index contributed by atoms with van der Waals surface area (Å²) in [5.41, 5.74) is 8.87. The maximum absolute atomic E-state index is 5.24. The Bertz CT molecular complexity index is 2140. The van der Waals surface area contributed by atoms with Gasteiger partial charge in [-0.1, -0.05) is 146 Å². The fourth-order valence-electron chi connectivity index (χ4n) is 6.26. The van der Waals surface area contributed by atoms with E-state index >= 15 is 0 Å². The molecule has 0 aliphatic heterocycles. The van der Waals surface area contributed by atoms with Crippen LogP contribution in [0.15, 0.2) is 164 Å². The summed E-state index contributed by atoms with van der Waals surface area (Å²) >= 11 is 0. The largest absolute Gasteiger partial charge is 0.248 e. The number of benzene rings is 7. The van der Waals surface area contributed by atoms with Crippen molar-refractivity contribution in [3.8, 4) is 44.8 Å². The predicted octanol–water partition coefficient (Wildman–Crippen LogP) is 11.2. The molecule has 0 spiro atoms. The summed E-state index contributed by atoms with van der Waals surface area (Å²) in [4.78, 5) is 5.24. The van der Waals surface area contributed by atoms with Crippen LogP contribution < -0.4 is 0 Å². The molecule has 1 aromatic heterocycles. The highest BCUT2D eigenvalue weighted by Crippen LogP contribution is 2.40. The highest BCUT2D eigenvalue weighted by Gasteiger charge is 2.15. The SMILES string of the molecule is c1ccc(-c2cc(-c3ccccc3)nc(-c3ccccc3-c3ccc4c5ccccc5c5ccccc5c4c3)c2)cc1. The van der Waals surface area contributed by atoms with Gasteiger partial charge in [0.1, 0.15) is 0 Å². The van der Waals surface area contributed by atoms with Gasteiger partial charge in [0, 0.05) is 11.1 Å². The fourth-order valence-corrected chi connectivity index (χ4v) is 6.26. The van der Waals surface area contributed by atoms with E-state index < -0.39 is 0 Å². The van der Waals surface area contributed by atoms with Crippen LogP contribution in [0.25, 0.3) is 77.1 Å². The Morgan fingerprint density at radius 2 is 0.738 bits per heavy atom. The minimum absolute atomic E-state index is 0.967. The molecule has 7 aromatic carbocycles. The molecule has 0 aliphatic rings. The maximum atomic E-state index is 5.24. The Morgan fingerprint density at radius 1 is 0.262 bits per heavy atom. The van der Waals surface area contributed by atoms with Crippen LogP contribution in [0.4, 0.5) is 0 Å². The van der Waals surface area contributed by atoms with Gasteiger partial charge in [0.2, 0.25) is 0 Å². The van der Waals surface area contributed by atoms with Crippen LogP contribution in [0, 0.1) is 0 Å². The highest BCUT2D eigenvalue weighted by molar-refractivity contribution is 6.25. The minimum atomic E-state index is 0.967. The van der Waals surface area contributed by atoms with Crippen LogP contribution in [-0.4, -0.2) is 4.98 Å². The van der Waals surface area contributed by atoms with Crippen LogP contribution in [0.1, 0.15) is 0 Å². The van der Waals surface area contributed by atoms with Gasteiger partial charge in [-0.2, -0.15) is 0 Å². The van der Waals surface area contributed by atoms with Gasteiger partial charge in [-0.15, -0.1) is 0 Å². The molecule has 0 saturated heterocycles. The van der Waals surface area contributed by atoms with Gasteiger partial charge < -0.3 is 0 Å². The lowest BCUT2D eigenvalue weighted by atomic mass is 9.90. The lowest BCUT2D eigenvalue weighted by molar-refractivity contribution is 1.32. The zero-order chi connectivity index (χ0) is 27.9. The molecule has 0 radical (unpaired) electrons. The molecular weight excluding hydrogens is 506 g/mol. The van der Waals surface area contributed by atoms with Gasteiger partial charge in [-0.25, -0.2) is 4.98 Å². The van der Waals surface area contributed by atoms with E-state index in [0.29, 0.717) is 0 Å². The predicted molar refractivity (Wildman–Crippen MR) is 178 cm³/mol. The first kappa shape index (κ1) is 24.3. The summed E-state index contributed by atoms with van der Waals surface area (Å²) in [7, 11) is 0. The molecule has 8 rings (SSSR count). The molecule has 0 fully saturated rings. The van der Waals surface area contributed by atoms with E-state index in [-0.39, 0.29) is 0 Å². The molecule has 0 amide bonds. The third-order valence-electron chi connectivity index (χ3n) is 8.26. The van der Waals surface area contributed by atoms with Crippen LogP contribution in [0.5, 0.6) is 0 Å². The summed E-state index contributed by atoms with van der Waals surface area (Å²) in [6.45, 7) is 0. The smallest absolute Gasteiger partial charge is 0.0721 e. The molecule has 1 heterocycles. The lowest BCUT2D eigenvalue weighted by Gasteiger charge is -2.15. The first-order valence-corrected chi connectivity index (χ1v) is 14.4. The molecule has 42 heavy (non-hydrogen) atoms. The van der Waals surface area contributed by atoms with E-state index in [0.717, 1.165) is 28.1 Å². The Morgan fingerprint density at radius 3 is 1.38 bits per heavy atom. The Labute approximate surface area is 245 Å². The van der Waals surface area contributed by atoms with Crippen molar-refractivity contribution in [1.82, 2.24) is 4.98 Å². The topological polar surface area (TPSA) is 12.9 Å². The highest BCUT2D eigenvalue weighted by atomic mass is 14.7. The number of pyridine rings is 1. The first-order chi connectivity index (χ1) is 20.8. The van der Waals surface area contributed by atoms with Crippen molar-refractivity contribution in [3.05, 3.63) is 164 Å². The van der Waals surface area contributed by atoms with Gasteiger partial charge in [0.05, 0.1) is 11.4 Å². The number of hydrogen-bond donors (Lipinski definition) is 0. The van der Waals surface area contributed by atoms with Crippen LogP contribution in [0.3, 0.4) is 0 Å². The van der Waals surface area contributed by atoms with Crippen molar-refractivity contribution >= 4 is 32.3 Å². The molecule has 1 heteroatoms. The molecule has 0 saturated carbocycles. The van der Waals surface area contributed by atoms with E-state index in [1.807, 2.05) is 6.07 Å². The first-order valence-electron chi connectivity index (χ1n) is 14.4. The molecule has 0 aliphatic carbocycles. The van der Waals surface area contributed by atoms with Gasteiger partial charge >= 0.3 is 0 Å². The molecule has 196 valence electrons. The van der Waals surface area contributed by atoms with E-state index in [9.17, 15) is 0 Å². The van der Waals surface area contributed by atoms with Crippen LogP contribution in [0.2, 0.25) is 0 Å². The van der Waals surface area contributed by atoms with E-state index in [1.165, 1.54) is 49.0 Å². The minimum Gasteiger partial charge on any atom is -0.248 e. The van der Waals surface area contributed by atoms with E-state index in [2.05, 4.69) is 158 Å². The Hall–Kier alpha value is -5.53. The second-order valence-corrected chi connectivity index (χ2v) is 10.8. The number of nitrogens with zero attached hydrogens (tertiary/aromatic N) is 1. The summed E-state index contributed by atoms with van der Waals surface area (Å²) in [6.07, 6.45) is 0. The van der Waals surface area contributed by atoms with Gasteiger partial charge in [-0.05, 0) is 72.8 Å². The lowest BCUT2D eigenvalue weighted by Crippen LogP contribution is -1.93. The number of aromatic nitrogens is 1. The average molecular weight is 534 g/mol. The van der Waals surface area contributed by atoms with E-state index in [4.69, 9.17) is 4.98 Å². The summed E-state index contributed by atoms with van der Waals surface area (Å²) in [6, 6.07) is 58.5.